The quantitative estimate of drug-likeness (QED) is 0.663. The molecule has 0 saturated heterocycles. The molecule has 0 aromatic heterocycles. The predicted molar refractivity (Wildman–Crippen MR) is 85.9 cm³/mol. The van der Waals surface area contributed by atoms with E-state index in [0.29, 0.717) is 5.75 Å². The van der Waals surface area contributed by atoms with Crippen LogP contribution in [-0.2, 0) is 10.5 Å². The molecule has 0 unspecified atom stereocenters. The molecule has 108 valence electrons. The first-order valence-electron chi connectivity index (χ1n) is 7.30. The van der Waals surface area contributed by atoms with Crippen LogP contribution in [0.3, 0.4) is 0 Å². The average Bonchev–Trinajstić information content (AvgIpc) is 2.75. The zero-order valence-corrected chi connectivity index (χ0v) is 12.6. The van der Waals surface area contributed by atoms with Crippen LogP contribution >= 0.6 is 11.8 Å². The Bertz CT molecular complexity index is 435. The van der Waals surface area contributed by atoms with Gasteiger partial charge in [-0.05, 0) is 31.2 Å². The summed E-state index contributed by atoms with van der Waals surface area (Å²) in [6, 6.07) is 10.2. The number of benzene rings is 1. The third-order valence-corrected chi connectivity index (χ3v) is 4.37. The van der Waals surface area contributed by atoms with Crippen molar-refractivity contribution in [1.29, 1.82) is 0 Å². The molecule has 0 bridgehead atoms. The first-order chi connectivity index (χ1) is 9.84. The van der Waals surface area contributed by atoms with Crippen molar-refractivity contribution in [3.63, 3.8) is 0 Å². The number of thioether (sulfide) groups is 1. The fourth-order valence-electron chi connectivity index (χ4n) is 2.26. The maximum absolute atomic E-state index is 11.7. The van der Waals surface area contributed by atoms with E-state index in [9.17, 15) is 4.79 Å². The van der Waals surface area contributed by atoms with Gasteiger partial charge in [0.2, 0.25) is 5.91 Å². The van der Waals surface area contributed by atoms with Crippen LogP contribution in [0.5, 0.6) is 0 Å². The van der Waals surface area contributed by atoms with E-state index >= 15 is 0 Å². The smallest absolute Gasteiger partial charge is 0.250 e. The minimum absolute atomic E-state index is 0.00248. The third kappa shape index (κ3) is 5.78. The van der Waals surface area contributed by atoms with E-state index < -0.39 is 0 Å². The Hall–Kier alpha value is -1.29. The second-order valence-corrected chi connectivity index (χ2v) is 6.09. The van der Waals surface area contributed by atoms with Crippen molar-refractivity contribution in [1.82, 2.24) is 5.43 Å². The fourth-order valence-corrected chi connectivity index (χ4v) is 3.04. The van der Waals surface area contributed by atoms with Gasteiger partial charge in [0.15, 0.2) is 0 Å². The summed E-state index contributed by atoms with van der Waals surface area (Å²) in [4.78, 5) is 11.7. The highest BCUT2D eigenvalue weighted by Gasteiger charge is 2.06. The van der Waals surface area contributed by atoms with Gasteiger partial charge in [-0.2, -0.15) is 5.10 Å². The number of hydrogen-bond donors (Lipinski definition) is 1. The van der Waals surface area contributed by atoms with E-state index in [0.717, 1.165) is 24.3 Å². The van der Waals surface area contributed by atoms with Crippen LogP contribution in [0.4, 0.5) is 0 Å². The zero-order valence-electron chi connectivity index (χ0n) is 11.8. The minimum atomic E-state index is 0.00248. The highest BCUT2D eigenvalue weighted by molar-refractivity contribution is 7.99. The normalized spacial score (nSPS) is 15.5. The Labute approximate surface area is 125 Å². The van der Waals surface area contributed by atoms with Crippen LogP contribution in [0.1, 0.15) is 44.1 Å². The second-order valence-electron chi connectivity index (χ2n) is 5.11. The number of amides is 1. The van der Waals surface area contributed by atoms with E-state index in [1.54, 1.807) is 11.8 Å². The molecule has 4 heteroatoms. The van der Waals surface area contributed by atoms with Crippen molar-refractivity contribution >= 4 is 23.4 Å². The molecule has 3 nitrogen and oxygen atoms in total. The SMILES string of the molecule is O=C(CSCc1ccccc1)NN=C1CCCCCC1. The van der Waals surface area contributed by atoms with Gasteiger partial charge in [0.05, 0.1) is 5.75 Å². The summed E-state index contributed by atoms with van der Waals surface area (Å²) in [7, 11) is 0. The van der Waals surface area contributed by atoms with Crippen LogP contribution in [0.15, 0.2) is 35.4 Å². The number of carbonyl (C=O) groups is 1. The lowest BCUT2D eigenvalue weighted by molar-refractivity contribution is -0.118. The number of nitrogens with one attached hydrogen (secondary N) is 1. The number of hydrazone groups is 1. The van der Waals surface area contributed by atoms with Gasteiger partial charge in [-0.15, -0.1) is 11.8 Å². The van der Waals surface area contributed by atoms with E-state index in [-0.39, 0.29) is 5.91 Å². The molecule has 20 heavy (non-hydrogen) atoms. The van der Waals surface area contributed by atoms with E-state index in [1.165, 1.54) is 31.2 Å². The first kappa shape index (κ1) is 15.1. The molecular formula is C16H22N2OS. The Morgan fingerprint density at radius 3 is 2.50 bits per heavy atom. The van der Waals surface area contributed by atoms with Crippen LogP contribution in [0, 0.1) is 0 Å². The van der Waals surface area contributed by atoms with Crippen LogP contribution in [-0.4, -0.2) is 17.4 Å². The molecule has 1 saturated carbocycles. The van der Waals surface area contributed by atoms with Crippen molar-refractivity contribution in [2.45, 2.75) is 44.3 Å². The molecule has 1 fully saturated rings. The summed E-state index contributed by atoms with van der Waals surface area (Å²) in [5.74, 6) is 1.33. The van der Waals surface area contributed by atoms with Crippen LogP contribution in [0.2, 0.25) is 0 Å². The first-order valence-corrected chi connectivity index (χ1v) is 8.46. The predicted octanol–water partition coefficient (Wildman–Crippen LogP) is 3.75. The molecule has 1 aliphatic rings. The number of nitrogens with zero attached hydrogens (tertiary/aromatic N) is 1. The Morgan fingerprint density at radius 2 is 1.80 bits per heavy atom. The van der Waals surface area contributed by atoms with Gasteiger partial charge in [-0.3, -0.25) is 4.79 Å². The number of hydrogen-bond acceptors (Lipinski definition) is 3. The summed E-state index contributed by atoms with van der Waals surface area (Å²) in [5, 5.41) is 4.27. The Balaban J connectivity index is 1.66. The number of carbonyl (C=O) groups excluding carboxylic acids is 1. The molecule has 1 N–H and O–H groups in total. The molecular weight excluding hydrogens is 268 g/mol. The van der Waals surface area contributed by atoms with Crippen molar-refractivity contribution in [3.8, 4) is 0 Å². The minimum Gasteiger partial charge on any atom is -0.272 e. The monoisotopic (exact) mass is 290 g/mol. The van der Waals surface area contributed by atoms with Crippen molar-refractivity contribution in [2.75, 3.05) is 5.75 Å². The molecule has 0 heterocycles. The maximum Gasteiger partial charge on any atom is 0.250 e. The van der Waals surface area contributed by atoms with Gasteiger partial charge in [-0.1, -0.05) is 43.2 Å². The fraction of sp³-hybridized carbons (Fsp3) is 0.500. The zero-order chi connectivity index (χ0) is 14.0. The summed E-state index contributed by atoms with van der Waals surface area (Å²) >= 11 is 1.62. The van der Waals surface area contributed by atoms with Gasteiger partial charge in [0.1, 0.15) is 0 Å². The molecule has 1 aromatic carbocycles. The van der Waals surface area contributed by atoms with Gasteiger partial charge in [0, 0.05) is 11.5 Å². The van der Waals surface area contributed by atoms with Gasteiger partial charge < -0.3 is 0 Å². The van der Waals surface area contributed by atoms with Gasteiger partial charge in [0.25, 0.3) is 0 Å². The third-order valence-electron chi connectivity index (χ3n) is 3.36. The van der Waals surface area contributed by atoms with E-state index in [4.69, 9.17) is 0 Å². The van der Waals surface area contributed by atoms with Crippen molar-refractivity contribution in [3.05, 3.63) is 35.9 Å². The van der Waals surface area contributed by atoms with Crippen molar-refractivity contribution < 1.29 is 4.79 Å². The topological polar surface area (TPSA) is 41.5 Å². The van der Waals surface area contributed by atoms with Crippen LogP contribution in [0.25, 0.3) is 0 Å². The Kier molecular flexibility index (Phi) is 6.64. The molecule has 0 spiro atoms. The Morgan fingerprint density at radius 1 is 1.10 bits per heavy atom. The molecule has 1 amide bonds. The standard InChI is InChI=1S/C16H22N2OS/c19-16(13-20-12-14-8-4-3-5-9-14)18-17-15-10-6-1-2-7-11-15/h3-5,8-9H,1-2,6-7,10-13H2,(H,18,19). The summed E-state index contributed by atoms with van der Waals surface area (Å²) < 4.78 is 0. The molecule has 0 atom stereocenters. The second kappa shape index (κ2) is 8.80. The summed E-state index contributed by atoms with van der Waals surface area (Å²) in [5.41, 5.74) is 5.10. The highest BCUT2D eigenvalue weighted by Crippen LogP contribution is 2.14. The maximum atomic E-state index is 11.7. The lowest BCUT2D eigenvalue weighted by Crippen LogP contribution is -2.21. The molecule has 0 aliphatic heterocycles. The molecule has 1 aromatic rings. The highest BCUT2D eigenvalue weighted by atomic mass is 32.2. The average molecular weight is 290 g/mol. The van der Waals surface area contributed by atoms with Crippen LogP contribution < -0.4 is 5.43 Å². The van der Waals surface area contributed by atoms with E-state index in [2.05, 4.69) is 22.7 Å². The lowest BCUT2D eigenvalue weighted by atomic mass is 10.2. The molecule has 0 radical (unpaired) electrons. The van der Waals surface area contributed by atoms with Gasteiger partial charge >= 0.3 is 0 Å². The molecule has 1 aliphatic carbocycles. The van der Waals surface area contributed by atoms with Gasteiger partial charge in [-0.25, -0.2) is 5.43 Å². The van der Waals surface area contributed by atoms with Crippen molar-refractivity contribution in [2.24, 2.45) is 5.10 Å². The summed E-state index contributed by atoms with van der Waals surface area (Å²) in [6.45, 7) is 0. The summed E-state index contributed by atoms with van der Waals surface area (Å²) in [6.07, 6.45) is 7.07. The number of rotatable bonds is 5. The van der Waals surface area contributed by atoms with E-state index in [1.807, 2.05) is 18.2 Å². The lowest BCUT2D eigenvalue weighted by Gasteiger charge is -2.04. The molecule has 2 rings (SSSR count). The largest absolute Gasteiger partial charge is 0.272 e.